The van der Waals surface area contributed by atoms with E-state index in [1.165, 1.54) is 21.9 Å². The van der Waals surface area contributed by atoms with Crippen molar-refractivity contribution in [2.45, 2.75) is 0 Å². The van der Waals surface area contributed by atoms with E-state index in [0.717, 1.165) is 60.9 Å². The Hall–Kier alpha value is -6.33. The second-order valence-corrected chi connectivity index (χ2v) is 11.7. The first kappa shape index (κ1) is 25.0. The molecular weight excluding hydrogens is 562 g/mol. The molecule has 0 spiro atoms. The van der Waals surface area contributed by atoms with Gasteiger partial charge in [0.25, 0.3) is 0 Å². The van der Waals surface area contributed by atoms with Crippen LogP contribution in [0.1, 0.15) is 0 Å². The van der Waals surface area contributed by atoms with E-state index < -0.39 is 0 Å². The maximum atomic E-state index is 5.43. The van der Waals surface area contributed by atoms with E-state index in [0.29, 0.717) is 5.82 Å². The average molecular weight is 588 g/mol. The van der Waals surface area contributed by atoms with Crippen LogP contribution < -0.4 is 0 Å². The summed E-state index contributed by atoms with van der Waals surface area (Å²) in [5.74, 6) is 1.52. The van der Waals surface area contributed by atoms with Gasteiger partial charge in [0.15, 0.2) is 17.3 Å². The summed E-state index contributed by atoms with van der Waals surface area (Å²) in [7, 11) is 0. The Bertz CT molecular complexity index is 2790. The number of hydrogen-bond acceptors (Lipinski definition) is 3. The lowest BCUT2D eigenvalue weighted by molar-refractivity contribution is 1.06. The Morgan fingerprint density at radius 1 is 0.391 bits per heavy atom. The fourth-order valence-corrected chi connectivity index (χ4v) is 7.05. The van der Waals surface area contributed by atoms with E-state index in [2.05, 4.69) is 136 Å². The fourth-order valence-electron chi connectivity index (χ4n) is 7.05. The van der Waals surface area contributed by atoms with Crippen LogP contribution in [-0.2, 0) is 0 Å². The molecule has 46 heavy (non-hydrogen) atoms. The summed E-state index contributed by atoms with van der Waals surface area (Å²) >= 11 is 0. The topological polar surface area (TPSA) is 48.0 Å². The first-order valence-corrected chi connectivity index (χ1v) is 15.5. The molecule has 0 fully saturated rings. The lowest BCUT2D eigenvalue weighted by Crippen LogP contribution is -2.06. The molecule has 0 atom stereocenters. The van der Waals surface area contributed by atoms with Gasteiger partial charge in [0.2, 0.25) is 0 Å². The van der Waals surface area contributed by atoms with Crippen molar-refractivity contribution >= 4 is 60.3 Å². The van der Waals surface area contributed by atoms with Gasteiger partial charge in [0, 0.05) is 27.1 Å². The number of benzene rings is 6. The highest BCUT2D eigenvalue weighted by atomic mass is 15.1. The number of nitrogens with zero attached hydrogens (tertiary/aromatic N) is 5. The van der Waals surface area contributed by atoms with Crippen LogP contribution in [0.25, 0.3) is 88.6 Å². The van der Waals surface area contributed by atoms with Crippen LogP contribution in [0.4, 0.5) is 0 Å². The van der Waals surface area contributed by atoms with E-state index in [9.17, 15) is 0 Å². The third-order valence-corrected chi connectivity index (χ3v) is 9.10. The lowest BCUT2D eigenvalue weighted by atomic mass is 10.0. The standard InChI is InChI=1S/C41H25N5/c1-3-13-26(14-4-1)28-23-24-35-32(25-28)29-17-9-11-21-34(29)45(35)40-37-30-18-7-8-19-31(30)39-42-33-20-10-12-22-36(33)46(39)41(37)44-38(43-40)27-15-5-2-6-16-27/h1-25H. The Morgan fingerprint density at radius 3 is 1.83 bits per heavy atom. The van der Waals surface area contributed by atoms with Gasteiger partial charge in [-0.2, -0.15) is 0 Å². The van der Waals surface area contributed by atoms with Gasteiger partial charge in [-0.3, -0.25) is 8.97 Å². The van der Waals surface area contributed by atoms with Gasteiger partial charge in [0.05, 0.1) is 27.5 Å². The zero-order valence-corrected chi connectivity index (χ0v) is 24.7. The van der Waals surface area contributed by atoms with Crippen molar-refractivity contribution in [3.63, 3.8) is 0 Å². The van der Waals surface area contributed by atoms with Gasteiger partial charge >= 0.3 is 0 Å². The third kappa shape index (κ3) is 3.54. The zero-order valence-electron chi connectivity index (χ0n) is 24.7. The first-order valence-electron chi connectivity index (χ1n) is 15.5. The van der Waals surface area contributed by atoms with Gasteiger partial charge in [-0.15, -0.1) is 0 Å². The van der Waals surface area contributed by atoms with Crippen LogP contribution in [-0.4, -0.2) is 23.9 Å². The molecule has 0 aliphatic heterocycles. The maximum Gasteiger partial charge on any atom is 0.163 e. The Kier molecular flexibility index (Phi) is 5.22. The van der Waals surface area contributed by atoms with Gasteiger partial charge in [-0.25, -0.2) is 15.0 Å². The summed E-state index contributed by atoms with van der Waals surface area (Å²) in [5.41, 5.74) is 9.22. The largest absolute Gasteiger partial charge is 0.293 e. The van der Waals surface area contributed by atoms with Crippen LogP contribution in [0, 0.1) is 0 Å². The molecule has 0 aliphatic rings. The minimum absolute atomic E-state index is 0.671. The van der Waals surface area contributed by atoms with E-state index in [1.54, 1.807) is 0 Å². The highest BCUT2D eigenvalue weighted by Gasteiger charge is 2.23. The van der Waals surface area contributed by atoms with Gasteiger partial charge < -0.3 is 0 Å². The molecule has 0 radical (unpaired) electrons. The molecule has 4 heterocycles. The molecule has 10 aromatic rings. The molecule has 6 aromatic carbocycles. The first-order chi connectivity index (χ1) is 22.8. The minimum Gasteiger partial charge on any atom is -0.293 e. The third-order valence-electron chi connectivity index (χ3n) is 9.10. The Labute approximate surface area is 263 Å². The Morgan fingerprint density at radius 2 is 1.02 bits per heavy atom. The number of fused-ring (bicyclic) bond motifs is 11. The summed E-state index contributed by atoms with van der Waals surface area (Å²) in [5, 5.41) is 5.49. The molecule has 0 saturated carbocycles. The van der Waals surface area contributed by atoms with Crippen molar-refractivity contribution in [3.05, 3.63) is 152 Å². The van der Waals surface area contributed by atoms with Crippen molar-refractivity contribution in [1.29, 1.82) is 0 Å². The molecule has 0 unspecified atom stereocenters. The predicted molar refractivity (Wildman–Crippen MR) is 189 cm³/mol. The van der Waals surface area contributed by atoms with Crippen molar-refractivity contribution in [1.82, 2.24) is 23.9 Å². The number of hydrogen-bond donors (Lipinski definition) is 0. The highest BCUT2D eigenvalue weighted by molar-refractivity contribution is 6.17. The van der Waals surface area contributed by atoms with E-state index in [1.807, 2.05) is 24.3 Å². The van der Waals surface area contributed by atoms with Crippen molar-refractivity contribution < 1.29 is 0 Å². The van der Waals surface area contributed by atoms with Crippen LogP contribution in [0.15, 0.2) is 152 Å². The molecule has 5 nitrogen and oxygen atoms in total. The second-order valence-electron chi connectivity index (χ2n) is 11.7. The number of imidazole rings is 1. The molecule has 0 aliphatic carbocycles. The average Bonchev–Trinajstić information content (AvgIpc) is 3.68. The smallest absolute Gasteiger partial charge is 0.163 e. The van der Waals surface area contributed by atoms with Crippen molar-refractivity contribution in [3.8, 4) is 28.3 Å². The fraction of sp³-hybridized carbons (Fsp3) is 0. The number of aromatic nitrogens is 5. The molecule has 5 heteroatoms. The van der Waals surface area contributed by atoms with E-state index >= 15 is 0 Å². The molecule has 4 aromatic heterocycles. The molecule has 10 rings (SSSR count). The van der Waals surface area contributed by atoms with Gasteiger partial charge in [-0.05, 0) is 41.5 Å². The summed E-state index contributed by atoms with van der Waals surface area (Å²) in [6.07, 6.45) is 0. The van der Waals surface area contributed by atoms with Gasteiger partial charge in [0.1, 0.15) is 5.65 Å². The van der Waals surface area contributed by atoms with E-state index in [4.69, 9.17) is 15.0 Å². The summed E-state index contributed by atoms with van der Waals surface area (Å²) < 4.78 is 4.54. The molecular formula is C41H25N5. The SMILES string of the molecule is c1ccc(-c2ccc3c(c2)c2ccccc2n3-c2nc(-c3ccccc3)nc3c2c2ccccc2c2nc4ccccc4n23)cc1. The molecule has 214 valence electrons. The summed E-state index contributed by atoms with van der Waals surface area (Å²) in [6, 6.07) is 53.0. The maximum absolute atomic E-state index is 5.43. The number of rotatable bonds is 3. The zero-order chi connectivity index (χ0) is 30.2. The highest BCUT2D eigenvalue weighted by Crippen LogP contribution is 2.40. The summed E-state index contributed by atoms with van der Waals surface area (Å²) in [4.78, 5) is 15.9. The predicted octanol–water partition coefficient (Wildman–Crippen LogP) is 10.0. The second kappa shape index (κ2) is 9.58. The normalized spacial score (nSPS) is 11.9. The number of para-hydroxylation sites is 3. The van der Waals surface area contributed by atoms with Crippen LogP contribution >= 0.6 is 0 Å². The lowest BCUT2D eigenvalue weighted by Gasteiger charge is -2.16. The minimum atomic E-state index is 0.671. The van der Waals surface area contributed by atoms with Gasteiger partial charge in [-0.1, -0.05) is 121 Å². The van der Waals surface area contributed by atoms with Crippen LogP contribution in [0.5, 0.6) is 0 Å². The van der Waals surface area contributed by atoms with Crippen LogP contribution in [0.3, 0.4) is 0 Å². The van der Waals surface area contributed by atoms with Crippen molar-refractivity contribution in [2.75, 3.05) is 0 Å². The van der Waals surface area contributed by atoms with E-state index in [-0.39, 0.29) is 0 Å². The Balaban J connectivity index is 1.42. The van der Waals surface area contributed by atoms with Crippen LogP contribution in [0.2, 0.25) is 0 Å². The molecule has 0 amide bonds. The molecule has 0 N–H and O–H groups in total. The molecule has 0 saturated heterocycles. The molecule has 0 bridgehead atoms. The quantitative estimate of drug-likeness (QED) is 0.193. The number of pyridine rings is 1. The van der Waals surface area contributed by atoms with Crippen molar-refractivity contribution in [2.24, 2.45) is 0 Å². The monoisotopic (exact) mass is 587 g/mol. The summed E-state index contributed by atoms with van der Waals surface area (Å²) in [6.45, 7) is 0.